The largest absolute Gasteiger partial charge is 0.433 e. The number of nitrogens with zero attached hydrogens (tertiary/aromatic N) is 1. The highest BCUT2D eigenvalue weighted by atomic mass is 19.3. The third kappa shape index (κ3) is 3.50. The molecule has 3 amide bonds. The van der Waals surface area contributed by atoms with Gasteiger partial charge in [0, 0.05) is 5.56 Å². The third-order valence-electron chi connectivity index (χ3n) is 4.53. The zero-order valence-corrected chi connectivity index (χ0v) is 15.3. The molecule has 150 valence electrons. The average Bonchev–Trinajstić information content (AvgIpc) is 3.00. The number of ether oxygens (including phenoxy) is 1. The lowest BCUT2D eigenvalue weighted by molar-refractivity contribution is -0.0493. The van der Waals surface area contributed by atoms with Crippen molar-refractivity contribution in [2.75, 3.05) is 10.2 Å². The minimum absolute atomic E-state index is 0.0900. The number of nitrogens with one attached hydrogen (secondary N) is 1. The SMILES string of the molecule is O=C(Nc1ccccc1OC(F)F)c1ccc(N2C(=O)c3ccccc3C2=O)cc1. The Balaban J connectivity index is 1.53. The van der Waals surface area contributed by atoms with Crippen LogP contribution < -0.4 is 15.0 Å². The molecule has 0 saturated carbocycles. The van der Waals surface area contributed by atoms with E-state index in [0.29, 0.717) is 16.8 Å². The number of benzene rings is 3. The van der Waals surface area contributed by atoms with E-state index in [1.54, 1.807) is 30.3 Å². The molecule has 1 N–H and O–H groups in total. The van der Waals surface area contributed by atoms with Gasteiger partial charge in [-0.05, 0) is 48.5 Å². The van der Waals surface area contributed by atoms with Crippen molar-refractivity contribution in [3.63, 3.8) is 0 Å². The zero-order chi connectivity index (χ0) is 21.3. The fourth-order valence-electron chi connectivity index (χ4n) is 3.15. The Morgan fingerprint density at radius 2 is 1.40 bits per heavy atom. The van der Waals surface area contributed by atoms with Gasteiger partial charge in [-0.25, -0.2) is 4.90 Å². The van der Waals surface area contributed by atoms with Crippen molar-refractivity contribution in [3.8, 4) is 5.75 Å². The molecule has 0 bridgehead atoms. The molecule has 30 heavy (non-hydrogen) atoms. The van der Waals surface area contributed by atoms with Crippen molar-refractivity contribution in [3.05, 3.63) is 89.5 Å². The van der Waals surface area contributed by atoms with Gasteiger partial charge >= 0.3 is 6.61 Å². The first-order chi connectivity index (χ1) is 14.5. The lowest BCUT2D eigenvalue weighted by atomic mass is 10.1. The molecule has 3 aromatic rings. The van der Waals surface area contributed by atoms with Crippen LogP contribution in [0.2, 0.25) is 0 Å². The van der Waals surface area contributed by atoms with Crippen molar-refractivity contribution >= 4 is 29.1 Å². The number of carbonyl (C=O) groups excluding carboxylic acids is 3. The van der Waals surface area contributed by atoms with Crippen molar-refractivity contribution in [1.29, 1.82) is 0 Å². The number of hydrogen-bond donors (Lipinski definition) is 1. The summed E-state index contributed by atoms with van der Waals surface area (Å²) in [5.41, 5.74) is 1.26. The number of alkyl halides is 2. The Hall–Kier alpha value is -4.07. The number of anilines is 2. The van der Waals surface area contributed by atoms with E-state index in [1.165, 1.54) is 42.5 Å². The minimum atomic E-state index is -3.03. The Labute approximate surface area is 169 Å². The summed E-state index contributed by atoms with van der Waals surface area (Å²) in [5, 5.41) is 2.51. The minimum Gasteiger partial charge on any atom is -0.433 e. The Morgan fingerprint density at radius 1 is 0.833 bits per heavy atom. The Morgan fingerprint density at radius 3 is 2.00 bits per heavy atom. The topological polar surface area (TPSA) is 75.7 Å². The second-order valence-electron chi connectivity index (χ2n) is 6.37. The van der Waals surface area contributed by atoms with E-state index in [1.807, 2.05) is 0 Å². The highest BCUT2D eigenvalue weighted by Crippen LogP contribution is 2.29. The maximum absolute atomic E-state index is 12.5. The van der Waals surface area contributed by atoms with E-state index in [4.69, 9.17) is 0 Å². The molecule has 4 rings (SSSR count). The van der Waals surface area contributed by atoms with Crippen molar-refractivity contribution in [1.82, 2.24) is 0 Å². The zero-order valence-electron chi connectivity index (χ0n) is 15.3. The summed E-state index contributed by atoms with van der Waals surface area (Å²) in [6, 6.07) is 18.1. The van der Waals surface area contributed by atoms with E-state index >= 15 is 0 Å². The predicted octanol–water partition coefficient (Wildman–Crippen LogP) is 4.34. The maximum atomic E-state index is 12.5. The number of amides is 3. The molecule has 8 heteroatoms. The Kier molecular flexibility index (Phi) is 4.97. The monoisotopic (exact) mass is 408 g/mol. The quantitative estimate of drug-likeness (QED) is 0.638. The van der Waals surface area contributed by atoms with Gasteiger partial charge in [-0.3, -0.25) is 14.4 Å². The van der Waals surface area contributed by atoms with Crippen LogP contribution in [-0.2, 0) is 0 Å². The molecule has 0 saturated heterocycles. The van der Waals surface area contributed by atoms with E-state index in [9.17, 15) is 23.2 Å². The second kappa shape index (κ2) is 7.75. The number of rotatable bonds is 5. The van der Waals surface area contributed by atoms with Crippen LogP contribution in [0.1, 0.15) is 31.1 Å². The van der Waals surface area contributed by atoms with Gasteiger partial charge in [0.25, 0.3) is 17.7 Å². The molecule has 0 radical (unpaired) electrons. The molecule has 0 aromatic heterocycles. The van der Waals surface area contributed by atoms with Gasteiger partial charge in [0.15, 0.2) is 0 Å². The van der Waals surface area contributed by atoms with Gasteiger partial charge in [0.05, 0.1) is 22.5 Å². The summed E-state index contributed by atoms with van der Waals surface area (Å²) in [7, 11) is 0. The molecule has 0 unspecified atom stereocenters. The lowest BCUT2D eigenvalue weighted by Crippen LogP contribution is -2.29. The summed E-state index contributed by atoms with van der Waals surface area (Å²) < 4.78 is 29.4. The molecule has 1 heterocycles. The van der Waals surface area contributed by atoms with Gasteiger partial charge in [0.1, 0.15) is 5.75 Å². The van der Waals surface area contributed by atoms with Gasteiger partial charge in [-0.15, -0.1) is 0 Å². The molecular formula is C22H14F2N2O4. The molecule has 6 nitrogen and oxygen atoms in total. The number of para-hydroxylation sites is 2. The van der Waals surface area contributed by atoms with Crippen molar-refractivity contribution in [2.24, 2.45) is 0 Å². The first-order valence-corrected chi connectivity index (χ1v) is 8.89. The van der Waals surface area contributed by atoms with Crippen molar-refractivity contribution in [2.45, 2.75) is 6.61 Å². The normalized spacial score (nSPS) is 12.8. The van der Waals surface area contributed by atoms with Crippen LogP contribution in [0.3, 0.4) is 0 Å². The van der Waals surface area contributed by atoms with Gasteiger partial charge in [-0.1, -0.05) is 24.3 Å². The van der Waals surface area contributed by atoms with Gasteiger partial charge in [0.2, 0.25) is 0 Å². The number of carbonyl (C=O) groups is 3. The molecule has 0 atom stereocenters. The summed E-state index contributed by atoms with van der Waals surface area (Å²) in [4.78, 5) is 38.6. The molecule has 0 spiro atoms. The van der Waals surface area contributed by atoms with E-state index in [0.717, 1.165) is 4.90 Å². The first-order valence-electron chi connectivity index (χ1n) is 8.89. The molecule has 1 aliphatic rings. The summed E-state index contributed by atoms with van der Waals surface area (Å²) in [5.74, 6) is -1.60. The molecule has 0 fully saturated rings. The number of imide groups is 1. The third-order valence-corrected chi connectivity index (χ3v) is 4.53. The first kappa shape index (κ1) is 19.3. The van der Waals surface area contributed by atoms with Crippen LogP contribution in [0.4, 0.5) is 20.2 Å². The molecule has 3 aromatic carbocycles. The summed E-state index contributed by atoms with van der Waals surface area (Å²) in [6.45, 7) is -3.03. The maximum Gasteiger partial charge on any atom is 0.387 e. The number of fused-ring (bicyclic) bond motifs is 1. The average molecular weight is 408 g/mol. The van der Waals surface area contributed by atoms with E-state index in [2.05, 4.69) is 10.1 Å². The van der Waals surface area contributed by atoms with E-state index < -0.39 is 24.3 Å². The smallest absolute Gasteiger partial charge is 0.387 e. The fraction of sp³-hybridized carbons (Fsp3) is 0.0455. The molecule has 0 aliphatic carbocycles. The molecular weight excluding hydrogens is 394 g/mol. The van der Waals surface area contributed by atoms with Gasteiger partial charge in [-0.2, -0.15) is 8.78 Å². The van der Waals surface area contributed by atoms with Crippen LogP contribution in [0.5, 0.6) is 5.75 Å². The predicted molar refractivity (Wildman–Crippen MR) is 105 cm³/mol. The van der Waals surface area contributed by atoms with Crippen LogP contribution in [0.25, 0.3) is 0 Å². The lowest BCUT2D eigenvalue weighted by Gasteiger charge is -2.15. The highest BCUT2D eigenvalue weighted by Gasteiger charge is 2.36. The molecule has 1 aliphatic heterocycles. The number of hydrogen-bond acceptors (Lipinski definition) is 4. The second-order valence-corrected chi connectivity index (χ2v) is 6.37. The fourth-order valence-corrected chi connectivity index (χ4v) is 3.15. The van der Waals surface area contributed by atoms with Crippen LogP contribution >= 0.6 is 0 Å². The standard InChI is InChI=1S/C22H14F2N2O4/c23-22(24)30-18-8-4-3-7-17(18)25-19(27)13-9-11-14(12-10-13)26-20(28)15-5-1-2-6-16(15)21(26)29/h1-12,22H,(H,25,27). The summed E-state index contributed by atoms with van der Waals surface area (Å²) >= 11 is 0. The highest BCUT2D eigenvalue weighted by molar-refractivity contribution is 6.34. The number of halogens is 2. The van der Waals surface area contributed by atoms with Crippen LogP contribution in [-0.4, -0.2) is 24.3 Å². The van der Waals surface area contributed by atoms with Crippen LogP contribution in [0, 0.1) is 0 Å². The van der Waals surface area contributed by atoms with Crippen LogP contribution in [0.15, 0.2) is 72.8 Å². The Bertz CT molecular complexity index is 1110. The summed E-state index contributed by atoms with van der Waals surface area (Å²) in [6.07, 6.45) is 0. The van der Waals surface area contributed by atoms with Crippen molar-refractivity contribution < 1.29 is 27.9 Å². The van der Waals surface area contributed by atoms with E-state index in [-0.39, 0.29) is 17.0 Å². The van der Waals surface area contributed by atoms with Gasteiger partial charge < -0.3 is 10.1 Å².